The summed E-state index contributed by atoms with van der Waals surface area (Å²) in [5, 5.41) is 4.49. The van der Waals surface area contributed by atoms with Crippen LogP contribution in [0.25, 0.3) is 11.1 Å². The van der Waals surface area contributed by atoms with Crippen molar-refractivity contribution in [3.63, 3.8) is 0 Å². The Labute approximate surface area is 102 Å². The van der Waals surface area contributed by atoms with Crippen LogP contribution in [0, 0.1) is 13.8 Å². The van der Waals surface area contributed by atoms with Gasteiger partial charge in [-0.25, -0.2) is 0 Å². The summed E-state index contributed by atoms with van der Waals surface area (Å²) in [5.41, 5.74) is 11.7. The van der Waals surface area contributed by atoms with Crippen molar-refractivity contribution < 1.29 is 0 Å². The summed E-state index contributed by atoms with van der Waals surface area (Å²) in [6.07, 6.45) is 2.10. The van der Waals surface area contributed by atoms with E-state index in [0.717, 1.165) is 12.2 Å². The van der Waals surface area contributed by atoms with E-state index in [1.54, 1.807) is 0 Å². The molecule has 3 nitrogen and oxygen atoms in total. The maximum Gasteiger partial charge on any atom is 0.0672 e. The highest BCUT2D eigenvalue weighted by atomic mass is 15.3. The standard InChI is InChI=1S/C14H19N3/c1-4-17-9-14(11(3)16-17)13-7-10(2)5-6-12(13)8-15/h5-7,9H,4,8,15H2,1-3H3. The van der Waals surface area contributed by atoms with Crippen molar-refractivity contribution in [3.8, 4) is 11.1 Å². The molecule has 90 valence electrons. The summed E-state index contributed by atoms with van der Waals surface area (Å²) < 4.78 is 1.97. The van der Waals surface area contributed by atoms with Crippen LogP contribution in [-0.2, 0) is 13.1 Å². The van der Waals surface area contributed by atoms with Gasteiger partial charge in [0.25, 0.3) is 0 Å². The highest BCUT2D eigenvalue weighted by Gasteiger charge is 2.10. The van der Waals surface area contributed by atoms with E-state index >= 15 is 0 Å². The predicted octanol–water partition coefficient (Wildman–Crippen LogP) is 2.65. The Morgan fingerprint density at radius 2 is 2.00 bits per heavy atom. The van der Waals surface area contributed by atoms with E-state index in [-0.39, 0.29) is 0 Å². The molecule has 0 amide bonds. The van der Waals surface area contributed by atoms with E-state index < -0.39 is 0 Å². The lowest BCUT2D eigenvalue weighted by Gasteiger charge is -2.07. The summed E-state index contributed by atoms with van der Waals surface area (Å²) in [6, 6.07) is 6.39. The van der Waals surface area contributed by atoms with Crippen LogP contribution in [-0.4, -0.2) is 9.78 Å². The first-order valence-electron chi connectivity index (χ1n) is 5.99. The fourth-order valence-electron chi connectivity index (χ4n) is 2.06. The highest BCUT2D eigenvalue weighted by molar-refractivity contribution is 5.69. The molecule has 1 aromatic heterocycles. The highest BCUT2D eigenvalue weighted by Crippen LogP contribution is 2.27. The van der Waals surface area contributed by atoms with Gasteiger partial charge in [-0.1, -0.05) is 23.8 Å². The SMILES string of the molecule is CCn1cc(-c2cc(C)ccc2CN)c(C)n1. The number of nitrogens with two attached hydrogens (primary N) is 1. The van der Waals surface area contributed by atoms with Crippen LogP contribution >= 0.6 is 0 Å². The van der Waals surface area contributed by atoms with Crippen molar-refractivity contribution >= 4 is 0 Å². The molecule has 0 saturated heterocycles. The number of nitrogens with zero attached hydrogens (tertiary/aromatic N) is 2. The zero-order valence-electron chi connectivity index (χ0n) is 10.7. The Hall–Kier alpha value is -1.61. The molecule has 3 heteroatoms. The molecule has 1 heterocycles. The second kappa shape index (κ2) is 4.72. The van der Waals surface area contributed by atoms with E-state index in [1.165, 1.54) is 22.3 Å². The Bertz CT molecular complexity index is 526. The van der Waals surface area contributed by atoms with Gasteiger partial charge in [0.15, 0.2) is 0 Å². The third-order valence-electron chi connectivity index (χ3n) is 3.05. The summed E-state index contributed by atoms with van der Waals surface area (Å²) in [5.74, 6) is 0. The van der Waals surface area contributed by atoms with Crippen molar-refractivity contribution in [2.45, 2.75) is 33.9 Å². The number of aryl methyl sites for hydroxylation is 3. The Morgan fingerprint density at radius 1 is 1.24 bits per heavy atom. The third-order valence-corrected chi connectivity index (χ3v) is 3.05. The summed E-state index contributed by atoms with van der Waals surface area (Å²) in [6.45, 7) is 7.70. The second-order valence-electron chi connectivity index (χ2n) is 4.35. The van der Waals surface area contributed by atoms with Gasteiger partial charge >= 0.3 is 0 Å². The van der Waals surface area contributed by atoms with Crippen LogP contribution in [0.5, 0.6) is 0 Å². The normalized spacial score (nSPS) is 10.8. The maximum atomic E-state index is 5.80. The summed E-state index contributed by atoms with van der Waals surface area (Å²) in [7, 11) is 0. The van der Waals surface area contributed by atoms with Gasteiger partial charge in [0.2, 0.25) is 0 Å². The first kappa shape index (κ1) is 11.9. The molecule has 0 aliphatic heterocycles. The Morgan fingerprint density at radius 3 is 2.59 bits per heavy atom. The predicted molar refractivity (Wildman–Crippen MR) is 70.7 cm³/mol. The lowest BCUT2D eigenvalue weighted by Crippen LogP contribution is -1.99. The van der Waals surface area contributed by atoms with Gasteiger partial charge < -0.3 is 5.73 Å². The number of rotatable bonds is 3. The van der Waals surface area contributed by atoms with Gasteiger partial charge in [-0.15, -0.1) is 0 Å². The topological polar surface area (TPSA) is 43.8 Å². The molecule has 0 fully saturated rings. The monoisotopic (exact) mass is 229 g/mol. The number of aromatic nitrogens is 2. The molecule has 2 N–H and O–H groups in total. The molecule has 0 radical (unpaired) electrons. The van der Waals surface area contributed by atoms with Gasteiger partial charge in [0.1, 0.15) is 0 Å². The Balaban J connectivity index is 2.58. The van der Waals surface area contributed by atoms with Crippen molar-refractivity contribution in [1.82, 2.24) is 9.78 Å². The molecule has 0 aliphatic carbocycles. The van der Waals surface area contributed by atoms with Gasteiger partial charge in [-0.2, -0.15) is 5.10 Å². The fraction of sp³-hybridized carbons (Fsp3) is 0.357. The van der Waals surface area contributed by atoms with Crippen LogP contribution in [0.2, 0.25) is 0 Å². The van der Waals surface area contributed by atoms with E-state index in [1.807, 2.05) is 11.6 Å². The molecular weight excluding hydrogens is 210 g/mol. The van der Waals surface area contributed by atoms with Crippen molar-refractivity contribution in [1.29, 1.82) is 0 Å². The summed E-state index contributed by atoms with van der Waals surface area (Å²) >= 11 is 0. The van der Waals surface area contributed by atoms with Gasteiger partial charge in [-0.05, 0) is 31.9 Å². The van der Waals surface area contributed by atoms with Crippen molar-refractivity contribution in [2.75, 3.05) is 0 Å². The van der Waals surface area contributed by atoms with Crippen LogP contribution in [0.15, 0.2) is 24.4 Å². The van der Waals surface area contributed by atoms with Crippen molar-refractivity contribution in [2.24, 2.45) is 5.73 Å². The molecule has 0 spiro atoms. The van der Waals surface area contributed by atoms with Crippen LogP contribution in [0.4, 0.5) is 0 Å². The average Bonchev–Trinajstić information content (AvgIpc) is 2.70. The van der Waals surface area contributed by atoms with Crippen LogP contribution in [0.1, 0.15) is 23.7 Å². The minimum absolute atomic E-state index is 0.562. The molecule has 0 aliphatic rings. The quantitative estimate of drug-likeness (QED) is 0.879. The zero-order valence-corrected chi connectivity index (χ0v) is 10.7. The number of hydrogen-bond donors (Lipinski definition) is 1. The summed E-state index contributed by atoms with van der Waals surface area (Å²) in [4.78, 5) is 0. The molecule has 0 saturated carbocycles. The number of hydrogen-bond acceptors (Lipinski definition) is 2. The van der Waals surface area contributed by atoms with Gasteiger partial charge in [0, 0.05) is 24.8 Å². The van der Waals surface area contributed by atoms with Crippen molar-refractivity contribution in [3.05, 3.63) is 41.2 Å². The molecular formula is C14H19N3. The van der Waals surface area contributed by atoms with E-state index in [9.17, 15) is 0 Å². The minimum atomic E-state index is 0.562. The first-order valence-corrected chi connectivity index (χ1v) is 5.99. The van der Waals surface area contributed by atoms with Gasteiger partial charge in [0.05, 0.1) is 5.69 Å². The second-order valence-corrected chi connectivity index (χ2v) is 4.35. The number of benzene rings is 1. The third kappa shape index (κ3) is 2.24. The zero-order chi connectivity index (χ0) is 12.4. The molecule has 1 aromatic carbocycles. The van der Waals surface area contributed by atoms with E-state index in [4.69, 9.17) is 5.73 Å². The van der Waals surface area contributed by atoms with Crippen LogP contribution in [0.3, 0.4) is 0 Å². The van der Waals surface area contributed by atoms with Crippen LogP contribution < -0.4 is 5.73 Å². The van der Waals surface area contributed by atoms with E-state index in [0.29, 0.717) is 6.54 Å². The lowest BCUT2D eigenvalue weighted by atomic mass is 9.98. The Kier molecular flexibility index (Phi) is 3.29. The lowest BCUT2D eigenvalue weighted by molar-refractivity contribution is 0.653. The maximum absolute atomic E-state index is 5.80. The average molecular weight is 229 g/mol. The molecule has 2 aromatic rings. The molecule has 0 unspecified atom stereocenters. The van der Waals surface area contributed by atoms with Gasteiger partial charge in [-0.3, -0.25) is 4.68 Å². The smallest absolute Gasteiger partial charge is 0.0672 e. The minimum Gasteiger partial charge on any atom is -0.326 e. The van der Waals surface area contributed by atoms with E-state index in [2.05, 4.69) is 43.3 Å². The molecule has 0 atom stereocenters. The molecule has 17 heavy (non-hydrogen) atoms. The molecule has 0 bridgehead atoms. The fourth-order valence-corrected chi connectivity index (χ4v) is 2.06. The largest absolute Gasteiger partial charge is 0.326 e. The molecule has 2 rings (SSSR count). The first-order chi connectivity index (χ1) is 8.15.